The Morgan fingerprint density at radius 3 is 2.50 bits per heavy atom. The largest absolute Gasteiger partial charge is 0.390 e. The number of aliphatic hydroxyl groups is 1. The minimum Gasteiger partial charge on any atom is -0.390 e. The second-order valence-corrected chi connectivity index (χ2v) is 4.66. The molecule has 0 fully saturated rings. The summed E-state index contributed by atoms with van der Waals surface area (Å²) in [4.78, 5) is 13.0. The molecule has 0 saturated heterocycles. The van der Waals surface area contributed by atoms with E-state index >= 15 is 0 Å². The number of rotatable bonds is 3. The van der Waals surface area contributed by atoms with Gasteiger partial charge in [-0.25, -0.2) is 15.0 Å². The fraction of sp³-hybridized carbons (Fsp3) is 0.462. The summed E-state index contributed by atoms with van der Waals surface area (Å²) in [5.74, 6) is 0.993. The van der Waals surface area contributed by atoms with Crippen LogP contribution < -0.4 is 0 Å². The maximum atomic E-state index is 9.46. The average Bonchev–Trinajstić information content (AvgIpc) is 2.69. The second kappa shape index (κ2) is 4.86. The molecule has 0 amide bonds. The predicted molar refractivity (Wildman–Crippen MR) is 68.6 cm³/mol. The maximum absolute atomic E-state index is 9.46. The molecule has 0 aromatic carbocycles. The van der Waals surface area contributed by atoms with E-state index in [-0.39, 0.29) is 12.5 Å². The third kappa shape index (κ3) is 2.13. The number of aromatic nitrogens is 4. The van der Waals surface area contributed by atoms with E-state index in [1.54, 1.807) is 12.5 Å². The number of aryl methyl sites for hydroxylation is 1. The fourth-order valence-corrected chi connectivity index (χ4v) is 1.76. The molecule has 5 heteroatoms. The van der Waals surface area contributed by atoms with Gasteiger partial charge in [0.05, 0.1) is 36.2 Å². The summed E-state index contributed by atoms with van der Waals surface area (Å²) in [7, 11) is 0. The molecule has 5 nitrogen and oxygen atoms in total. The molecule has 18 heavy (non-hydrogen) atoms. The van der Waals surface area contributed by atoms with E-state index in [1.165, 1.54) is 0 Å². The van der Waals surface area contributed by atoms with E-state index < -0.39 is 0 Å². The van der Waals surface area contributed by atoms with Crippen molar-refractivity contribution < 1.29 is 5.11 Å². The highest BCUT2D eigenvalue weighted by molar-refractivity contribution is 5.37. The number of imidazole rings is 1. The van der Waals surface area contributed by atoms with Crippen LogP contribution in [0, 0.1) is 13.8 Å². The van der Waals surface area contributed by atoms with Gasteiger partial charge in [0.15, 0.2) is 0 Å². The molecule has 0 radical (unpaired) electrons. The van der Waals surface area contributed by atoms with Crippen molar-refractivity contribution in [1.82, 2.24) is 19.5 Å². The van der Waals surface area contributed by atoms with Crippen LogP contribution in [0.5, 0.6) is 0 Å². The minimum absolute atomic E-state index is 0.103. The van der Waals surface area contributed by atoms with Crippen molar-refractivity contribution in [3.63, 3.8) is 0 Å². The lowest BCUT2D eigenvalue weighted by Crippen LogP contribution is -2.08. The lowest BCUT2D eigenvalue weighted by Gasteiger charge is -2.12. The molecule has 2 heterocycles. The highest BCUT2D eigenvalue weighted by Crippen LogP contribution is 2.18. The molecule has 96 valence electrons. The van der Waals surface area contributed by atoms with Crippen molar-refractivity contribution in [1.29, 1.82) is 0 Å². The van der Waals surface area contributed by atoms with Crippen LogP contribution in [0.15, 0.2) is 12.5 Å². The van der Waals surface area contributed by atoms with Gasteiger partial charge in [-0.15, -0.1) is 0 Å². The SMILES string of the molecule is Cc1ncn(-c2cnc(C(C)C)nc2CO)c1C. The van der Waals surface area contributed by atoms with Crippen LogP contribution in [0.25, 0.3) is 5.69 Å². The smallest absolute Gasteiger partial charge is 0.131 e. The van der Waals surface area contributed by atoms with E-state index in [9.17, 15) is 5.11 Å². The molecular formula is C13H18N4O. The molecule has 0 unspecified atom stereocenters. The van der Waals surface area contributed by atoms with Crippen molar-refractivity contribution in [3.05, 3.63) is 35.4 Å². The Bertz CT molecular complexity index is 560. The first-order valence-corrected chi connectivity index (χ1v) is 6.02. The molecule has 0 aliphatic heterocycles. The molecule has 2 aromatic heterocycles. The van der Waals surface area contributed by atoms with Gasteiger partial charge in [-0.2, -0.15) is 0 Å². The van der Waals surface area contributed by atoms with E-state index in [1.807, 2.05) is 32.3 Å². The van der Waals surface area contributed by atoms with E-state index in [0.29, 0.717) is 5.69 Å². The van der Waals surface area contributed by atoms with Crippen molar-refractivity contribution in [3.8, 4) is 5.69 Å². The normalized spacial score (nSPS) is 11.2. The molecule has 2 aromatic rings. The van der Waals surface area contributed by atoms with Crippen molar-refractivity contribution in [2.45, 2.75) is 40.2 Å². The zero-order chi connectivity index (χ0) is 13.3. The van der Waals surface area contributed by atoms with Crippen LogP contribution >= 0.6 is 0 Å². The lowest BCUT2D eigenvalue weighted by atomic mass is 10.2. The van der Waals surface area contributed by atoms with Crippen LogP contribution in [0.4, 0.5) is 0 Å². The Kier molecular flexibility index (Phi) is 3.43. The van der Waals surface area contributed by atoms with Crippen LogP contribution in [0.2, 0.25) is 0 Å². The van der Waals surface area contributed by atoms with Gasteiger partial charge in [0.2, 0.25) is 0 Å². The predicted octanol–water partition coefficient (Wildman–Crippen LogP) is 1.89. The summed E-state index contributed by atoms with van der Waals surface area (Å²) in [6, 6.07) is 0. The minimum atomic E-state index is -0.103. The number of hydrogen-bond acceptors (Lipinski definition) is 4. The molecule has 1 N–H and O–H groups in total. The molecule has 0 aliphatic rings. The molecule has 0 atom stereocenters. The first-order chi connectivity index (χ1) is 8.54. The van der Waals surface area contributed by atoms with Gasteiger partial charge < -0.3 is 5.11 Å². The van der Waals surface area contributed by atoms with E-state index in [0.717, 1.165) is 22.9 Å². The zero-order valence-electron chi connectivity index (χ0n) is 11.2. The molecular weight excluding hydrogens is 228 g/mol. The molecule has 0 aliphatic carbocycles. The first-order valence-electron chi connectivity index (χ1n) is 6.02. The van der Waals surface area contributed by atoms with Crippen LogP contribution in [-0.2, 0) is 6.61 Å². The van der Waals surface area contributed by atoms with Gasteiger partial charge in [-0.1, -0.05) is 13.8 Å². The monoisotopic (exact) mass is 246 g/mol. The third-order valence-electron chi connectivity index (χ3n) is 3.04. The van der Waals surface area contributed by atoms with Gasteiger partial charge >= 0.3 is 0 Å². The molecule has 0 spiro atoms. The van der Waals surface area contributed by atoms with Gasteiger partial charge in [0, 0.05) is 11.6 Å². The highest BCUT2D eigenvalue weighted by atomic mass is 16.3. The quantitative estimate of drug-likeness (QED) is 0.898. The summed E-state index contributed by atoms with van der Waals surface area (Å²) < 4.78 is 1.91. The van der Waals surface area contributed by atoms with Gasteiger partial charge in [0.25, 0.3) is 0 Å². The average molecular weight is 246 g/mol. The van der Waals surface area contributed by atoms with Crippen molar-refractivity contribution in [2.24, 2.45) is 0 Å². The standard InChI is InChI=1S/C13H18N4O/c1-8(2)13-14-5-12(11(6-18)16-13)17-7-15-9(3)10(17)4/h5,7-8,18H,6H2,1-4H3. The maximum Gasteiger partial charge on any atom is 0.131 e. The Labute approximate surface area is 107 Å². The Morgan fingerprint density at radius 2 is 2.00 bits per heavy atom. The van der Waals surface area contributed by atoms with Gasteiger partial charge in [0.1, 0.15) is 5.82 Å². The summed E-state index contributed by atoms with van der Waals surface area (Å²) in [5.41, 5.74) is 3.42. The van der Waals surface area contributed by atoms with Crippen LogP contribution in [0.1, 0.15) is 42.7 Å². The van der Waals surface area contributed by atoms with E-state index in [4.69, 9.17) is 0 Å². The second-order valence-electron chi connectivity index (χ2n) is 4.66. The Hall–Kier alpha value is -1.75. The highest BCUT2D eigenvalue weighted by Gasteiger charge is 2.13. The molecule has 0 saturated carbocycles. The number of aliphatic hydroxyl groups excluding tert-OH is 1. The summed E-state index contributed by atoms with van der Waals surface area (Å²) in [6.07, 6.45) is 3.49. The molecule has 0 bridgehead atoms. The summed E-state index contributed by atoms with van der Waals surface area (Å²) in [5, 5.41) is 9.46. The van der Waals surface area contributed by atoms with Crippen molar-refractivity contribution >= 4 is 0 Å². The number of nitrogens with zero attached hydrogens (tertiary/aromatic N) is 4. The Balaban J connectivity index is 2.54. The van der Waals surface area contributed by atoms with Crippen molar-refractivity contribution in [2.75, 3.05) is 0 Å². The van der Waals surface area contributed by atoms with Crippen LogP contribution in [-0.4, -0.2) is 24.6 Å². The lowest BCUT2D eigenvalue weighted by molar-refractivity contribution is 0.275. The topological polar surface area (TPSA) is 63.8 Å². The third-order valence-corrected chi connectivity index (χ3v) is 3.04. The Morgan fingerprint density at radius 1 is 1.28 bits per heavy atom. The number of hydrogen-bond donors (Lipinski definition) is 1. The van der Waals surface area contributed by atoms with Crippen LogP contribution in [0.3, 0.4) is 0 Å². The van der Waals surface area contributed by atoms with E-state index in [2.05, 4.69) is 15.0 Å². The summed E-state index contributed by atoms with van der Waals surface area (Å²) in [6.45, 7) is 7.90. The molecule has 2 rings (SSSR count). The fourth-order valence-electron chi connectivity index (χ4n) is 1.76. The zero-order valence-corrected chi connectivity index (χ0v) is 11.2. The summed E-state index contributed by atoms with van der Waals surface area (Å²) >= 11 is 0. The van der Waals surface area contributed by atoms with Gasteiger partial charge in [-0.3, -0.25) is 4.57 Å². The first kappa shape index (κ1) is 12.7. The van der Waals surface area contributed by atoms with Gasteiger partial charge in [-0.05, 0) is 13.8 Å².